The first-order valence-corrected chi connectivity index (χ1v) is 6.34. The Hall–Kier alpha value is -0.950. The van der Waals surface area contributed by atoms with Gasteiger partial charge in [-0.05, 0) is 40.8 Å². The molecule has 0 saturated carbocycles. The van der Waals surface area contributed by atoms with Gasteiger partial charge in [0.1, 0.15) is 5.82 Å². The first-order valence-electron chi connectivity index (χ1n) is 4.38. The summed E-state index contributed by atoms with van der Waals surface area (Å²) in [5, 5.41) is 2.10. The van der Waals surface area contributed by atoms with E-state index >= 15 is 0 Å². The predicted molar refractivity (Wildman–Crippen MR) is 69.9 cm³/mol. The van der Waals surface area contributed by atoms with Crippen molar-refractivity contribution < 1.29 is 0 Å². The van der Waals surface area contributed by atoms with E-state index in [2.05, 4.69) is 49.0 Å². The van der Waals surface area contributed by atoms with Crippen LogP contribution >= 0.6 is 33.9 Å². The van der Waals surface area contributed by atoms with Gasteiger partial charge in [0.15, 0.2) is 5.65 Å². The molecule has 0 spiro atoms. The highest BCUT2D eigenvalue weighted by Crippen LogP contribution is 2.25. The highest BCUT2D eigenvalue weighted by molar-refractivity contribution is 14.1. The number of rotatable bonds is 1. The van der Waals surface area contributed by atoms with Crippen molar-refractivity contribution in [2.45, 2.75) is 0 Å². The van der Waals surface area contributed by atoms with Gasteiger partial charge in [0.2, 0.25) is 0 Å². The van der Waals surface area contributed by atoms with Crippen molar-refractivity contribution in [2.75, 3.05) is 0 Å². The summed E-state index contributed by atoms with van der Waals surface area (Å²) in [7, 11) is 0. The van der Waals surface area contributed by atoms with E-state index in [4.69, 9.17) is 0 Å². The van der Waals surface area contributed by atoms with Gasteiger partial charge in [0, 0.05) is 17.1 Å². The van der Waals surface area contributed by atoms with Crippen LogP contribution in [0.3, 0.4) is 0 Å². The first kappa shape index (κ1) is 9.29. The zero-order valence-corrected chi connectivity index (χ0v) is 10.5. The Morgan fingerprint density at radius 2 is 2.33 bits per heavy atom. The average molecular weight is 327 g/mol. The standard InChI is InChI=1S/C10H6IN3S/c11-8-4-6(5-15-8)9-13-7-2-1-3-12-10(7)14-9/h1-5H,(H,12,13,14). The summed E-state index contributed by atoms with van der Waals surface area (Å²) in [6, 6.07) is 6.00. The zero-order valence-electron chi connectivity index (χ0n) is 7.57. The number of pyridine rings is 1. The Bertz CT molecular complexity index is 581. The molecule has 3 heterocycles. The van der Waals surface area contributed by atoms with Crippen molar-refractivity contribution in [3.8, 4) is 11.4 Å². The number of nitrogens with zero attached hydrogens (tertiary/aromatic N) is 2. The zero-order chi connectivity index (χ0) is 10.3. The van der Waals surface area contributed by atoms with Crippen LogP contribution in [-0.4, -0.2) is 15.0 Å². The van der Waals surface area contributed by atoms with E-state index in [9.17, 15) is 0 Å². The smallest absolute Gasteiger partial charge is 0.178 e. The van der Waals surface area contributed by atoms with Crippen LogP contribution in [-0.2, 0) is 0 Å². The number of fused-ring (bicyclic) bond motifs is 1. The lowest BCUT2D eigenvalue weighted by Gasteiger charge is -1.86. The molecule has 74 valence electrons. The molecule has 3 aromatic heterocycles. The second-order valence-corrected chi connectivity index (χ2v) is 5.90. The molecular weight excluding hydrogens is 321 g/mol. The summed E-state index contributed by atoms with van der Waals surface area (Å²) in [6.45, 7) is 0. The fourth-order valence-electron chi connectivity index (χ4n) is 1.42. The molecule has 5 heteroatoms. The molecular formula is C10H6IN3S. The van der Waals surface area contributed by atoms with Crippen LogP contribution in [0.4, 0.5) is 0 Å². The van der Waals surface area contributed by atoms with Gasteiger partial charge in [-0.15, -0.1) is 11.3 Å². The van der Waals surface area contributed by atoms with Crippen LogP contribution in [0.15, 0.2) is 29.8 Å². The topological polar surface area (TPSA) is 41.6 Å². The molecule has 3 nitrogen and oxygen atoms in total. The van der Waals surface area contributed by atoms with Gasteiger partial charge in [-0.25, -0.2) is 9.97 Å². The fraction of sp³-hybridized carbons (Fsp3) is 0. The minimum Gasteiger partial charge on any atom is -0.337 e. The SMILES string of the molecule is Ic1cc(-c2nc3ncccc3[nH]2)cs1. The van der Waals surface area contributed by atoms with Gasteiger partial charge in [0.25, 0.3) is 0 Å². The molecule has 0 radical (unpaired) electrons. The van der Waals surface area contributed by atoms with Crippen molar-refractivity contribution in [1.29, 1.82) is 0 Å². The molecule has 0 aliphatic carbocycles. The Balaban J connectivity index is 2.19. The third-order valence-electron chi connectivity index (χ3n) is 2.10. The van der Waals surface area contributed by atoms with E-state index in [1.165, 1.54) is 2.88 Å². The van der Waals surface area contributed by atoms with Gasteiger partial charge in [-0.2, -0.15) is 0 Å². The largest absolute Gasteiger partial charge is 0.337 e. The minimum absolute atomic E-state index is 0.772. The Kier molecular flexibility index (Phi) is 2.21. The van der Waals surface area contributed by atoms with Gasteiger partial charge in [0.05, 0.1) is 8.40 Å². The minimum atomic E-state index is 0.772. The lowest BCUT2D eigenvalue weighted by Crippen LogP contribution is -1.75. The molecule has 0 amide bonds. The molecule has 0 bridgehead atoms. The summed E-state index contributed by atoms with van der Waals surface area (Å²) in [4.78, 5) is 11.9. The second kappa shape index (κ2) is 3.57. The van der Waals surface area contributed by atoms with Crippen LogP contribution in [0.2, 0.25) is 0 Å². The van der Waals surface area contributed by atoms with Crippen molar-refractivity contribution in [2.24, 2.45) is 0 Å². The van der Waals surface area contributed by atoms with Crippen molar-refractivity contribution in [3.05, 3.63) is 32.7 Å². The van der Waals surface area contributed by atoms with E-state index in [1.54, 1.807) is 17.5 Å². The van der Waals surface area contributed by atoms with E-state index in [0.717, 1.165) is 22.6 Å². The normalized spacial score (nSPS) is 11.0. The van der Waals surface area contributed by atoms with Crippen LogP contribution in [0.5, 0.6) is 0 Å². The van der Waals surface area contributed by atoms with Crippen LogP contribution in [0, 0.1) is 2.88 Å². The molecule has 0 aliphatic heterocycles. The summed E-state index contributed by atoms with van der Waals surface area (Å²) in [5.41, 5.74) is 2.88. The predicted octanol–water partition coefficient (Wildman–Crippen LogP) is 3.29. The third kappa shape index (κ3) is 1.65. The van der Waals surface area contributed by atoms with Crippen molar-refractivity contribution >= 4 is 45.1 Å². The number of nitrogens with one attached hydrogen (secondary N) is 1. The Labute approximate surface area is 104 Å². The molecule has 3 aromatic rings. The van der Waals surface area contributed by atoms with Crippen LogP contribution < -0.4 is 0 Å². The maximum Gasteiger partial charge on any atom is 0.178 e. The lowest BCUT2D eigenvalue weighted by atomic mass is 10.3. The van der Waals surface area contributed by atoms with Crippen molar-refractivity contribution in [1.82, 2.24) is 15.0 Å². The van der Waals surface area contributed by atoms with Crippen LogP contribution in [0.1, 0.15) is 0 Å². The number of thiophene rings is 1. The molecule has 0 fully saturated rings. The molecule has 1 N–H and O–H groups in total. The number of hydrogen-bond acceptors (Lipinski definition) is 3. The molecule has 0 unspecified atom stereocenters. The van der Waals surface area contributed by atoms with E-state index in [-0.39, 0.29) is 0 Å². The van der Waals surface area contributed by atoms with Gasteiger partial charge < -0.3 is 4.98 Å². The summed E-state index contributed by atoms with van der Waals surface area (Å²) in [6.07, 6.45) is 1.75. The molecule has 0 aromatic carbocycles. The summed E-state index contributed by atoms with van der Waals surface area (Å²) in [5.74, 6) is 0.892. The monoisotopic (exact) mass is 327 g/mol. The second-order valence-electron chi connectivity index (χ2n) is 3.10. The number of H-pyrrole nitrogens is 1. The molecule has 3 rings (SSSR count). The summed E-state index contributed by atoms with van der Waals surface area (Å²) >= 11 is 4.02. The highest BCUT2D eigenvalue weighted by atomic mass is 127. The number of aromatic amines is 1. The number of hydrogen-bond donors (Lipinski definition) is 1. The van der Waals surface area contributed by atoms with E-state index < -0.39 is 0 Å². The van der Waals surface area contributed by atoms with Crippen molar-refractivity contribution in [3.63, 3.8) is 0 Å². The summed E-state index contributed by atoms with van der Waals surface area (Å²) < 4.78 is 1.26. The third-order valence-corrected chi connectivity index (χ3v) is 3.89. The maximum absolute atomic E-state index is 4.43. The number of imidazole rings is 1. The molecule has 0 saturated heterocycles. The van der Waals surface area contributed by atoms with Gasteiger partial charge in [-0.3, -0.25) is 0 Å². The Morgan fingerprint density at radius 1 is 1.40 bits per heavy atom. The highest BCUT2D eigenvalue weighted by Gasteiger charge is 2.06. The first-order chi connectivity index (χ1) is 7.33. The fourth-order valence-corrected chi connectivity index (χ4v) is 2.75. The number of aromatic nitrogens is 3. The number of halogens is 1. The van der Waals surface area contributed by atoms with Gasteiger partial charge >= 0.3 is 0 Å². The van der Waals surface area contributed by atoms with Gasteiger partial charge in [-0.1, -0.05) is 0 Å². The quantitative estimate of drug-likeness (QED) is 0.697. The maximum atomic E-state index is 4.43. The molecule has 0 atom stereocenters. The molecule has 15 heavy (non-hydrogen) atoms. The van der Waals surface area contributed by atoms with Crippen LogP contribution in [0.25, 0.3) is 22.6 Å². The van der Waals surface area contributed by atoms with E-state index in [1.807, 2.05) is 12.1 Å². The Morgan fingerprint density at radius 3 is 3.07 bits per heavy atom. The lowest BCUT2D eigenvalue weighted by molar-refractivity contribution is 1.31. The average Bonchev–Trinajstić information content (AvgIpc) is 2.82. The van der Waals surface area contributed by atoms with E-state index in [0.29, 0.717) is 0 Å². The molecule has 0 aliphatic rings.